The third kappa shape index (κ3) is 4.81. The molecule has 96 valence electrons. The third-order valence-electron chi connectivity index (χ3n) is 3.25. The van der Waals surface area contributed by atoms with Crippen LogP contribution < -0.4 is 5.32 Å². The van der Waals surface area contributed by atoms with Crippen molar-refractivity contribution in [2.75, 3.05) is 19.8 Å². The van der Waals surface area contributed by atoms with Gasteiger partial charge in [0.05, 0.1) is 0 Å². The van der Waals surface area contributed by atoms with Crippen LogP contribution in [0.3, 0.4) is 0 Å². The molecule has 1 fully saturated rings. The van der Waals surface area contributed by atoms with E-state index in [2.05, 4.69) is 19.2 Å². The van der Waals surface area contributed by atoms with E-state index in [0.29, 0.717) is 24.7 Å². The summed E-state index contributed by atoms with van der Waals surface area (Å²) >= 11 is 0. The summed E-state index contributed by atoms with van der Waals surface area (Å²) in [5, 5.41) is 3.56. The second-order valence-electron chi connectivity index (χ2n) is 5.35. The van der Waals surface area contributed by atoms with Gasteiger partial charge in [0, 0.05) is 25.8 Å². The van der Waals surface area contributed by atoms with E-state index in [0.717, 1.165) is 6.54 Å². The first-order chi connectivity index (χ1) is 7.57. The normalized spacial score (nSPS) is 24.2. The SMILES string of the molecule is CCOC(CNC1CCC(C)(C)C1)OCC. The van der Waals surface area contributed by atoms with Gasteiger partial charge < -0.3 is 14.8 Å². The molecule has 1 N–H and O–H groups in total. The smallest absolute Gasteiger partial charge is 0.169 e. The van der Waals surface area contributed by atoms with Crippen molar-refractivity contribution in [3.8, 4) is 0 Å². The molecule has 1 atom stereocenters. The highest BCUT2D eigenvalue weighted by Crippen LogP contribution is 2.36. The molecule has 0 amide bonds. The zero-order valence-electron chi connectivity index (χ0n) is 11.2. The van der Waals surface area contributed by atoms with Crippen molar-refractivity contribution >= 4 is 0 Å². The predicted molar refractivity (Wildman–Crippen MR) is 66.5 cm³/mol. The van der Waals surface area contributed by atoms with Crippen LogP contribution in [-0.2, 0) is 9.47 Å². The second-order valence-corrected chi connectivity index (χ2v) is 5.35. The van der Waals surface area contributed by atoms with E-state index < -0.39 is 0 Å². The van der Waals surface area contributed by atoms with Crippen LogP contribution in [0.4, 0.5) is 0 Å². The molecule has 0 bridgehead atoms. The fourth-order valence-corrected chi connectivity index (χ4v) is 2.41. The van der Waals surface area contributed by atoms with Crippen LogP contribution >= 0.6 is 0 Å². The molecule has 0 aliphatic heterocycles. The van der Waals surface area contributed by atoms with Crippen LogP contribution in [0.15, 0.2) is 0 Å². The van der Waals surface area contributed by atoms with Gasteiger partial charge in [-0.1, -0.05) is 13.8 Å². The summed E-state index contributed by atoms with van der Waals surface area (Å²) in [5.74, 6) is 0. The first kappa shape index (κ1) is 13.9. The Morgan fingerprint density at radius 2 is 1.88 bits per heavy atom. The Labute approximate surface area is 99.9 Å². The summed E-state index contributed by atoms with van der Waals surface area (Å²) in [6.07, 6.45) is 3.77. The molecule has 1 saturated carbocycles. The Bertz CT molecular complexity index is 186. The average molecular weight is 229 g/mol. The highest BCUT2D eigenvalue weighted by Gasteiger charge is 2.30. The molecule has 0 aromatic rings. The van der Waals surface area contributed by atoms with E-state index in [4.69, 9.17) is 9.47 Å². The molecule has 0 heterocycles. The van der Waals surface area contributed by atoms with Crippen LogP contribution in [0.5, 0.6) is 0 Å². The van der Waals surface area contributed by atoms with E-state index in [1.807, 2.05) is 13.8 Å². The highest BCUT2D eigenvalue weighted by molar-refractivity contribution is 4.86. The molecule has 0 saturated heterocycles. The largest absolute Gasteiger partial charge is 0.352 e. The molecule has 3 nitrogen and oxygen atoms in total. The highest BCUT2D eigenvalue weighted by atomic mass is 16.7. The number of ether oxygens (including phenoxy) is 2. The Morgan fingerprint density at radius 1 is 1.25 bits per heavy atom. The maximum absolute atomic E-state index is 5.51. The fraction of sp³-hybridized carbons (Fsp3) is 1.00. The van der Waals surface area contributed by atoms with Gasteiger partial charge in [0.15, 0.2) is 6.29 Å². The lowest BCUT2D eigenvalue weighted by Gasteiger charge is -2.21. The van der Waals surface area contributed by atoms with Gasteiger partial charge in [-0.25, -0.2) is 0 Å². The Kier molecular flexibility index (Phi) is 5.73. The van der Waals surface area contributed by atoms with Gasteiger partial charge >= 0.3 is 0 Å². The van der Waals surface area contributed by atoms with Gasteiger partial charge in [0.2, 0.25) is 0 Å². The van der Waals surface area contributed by atoms with Crippen molar-refractivity contribution in [3.05, 3.63) is 0 Å². The molecule has 1 rings (SSSR count). The number of rotatable bonds is 7. The maximum Gasteiger partial charge on any atom is 0.169 e. The molecule has 0 radical (unpaired) electrons. The molecular formula is C13H27NO2. The maximum atomic E-state index is 5.51. The molecule has 1 aliphatic carbocycles. The first-order valence-electron chi connectivity index (χ1n) is 6.54. The summed E-state index contributed by atoms with van der Waals surface area (Å²) in [7, 11) is 0. The van der Waals surface area contributed by atoms with Crippen molar-refractivity contribution < 1.29 is 9.47 Å². The molecule has 1 unspecified atom stereocenters. The van der Waals surface area contributed by atoms with Crippen LogP contribution in [0.1, 0.15) is 47.0 Å². The van der Waals surface area contributed by atoms with Gasteiger partial charge in [-0.05, 0) is 38.5 Å². The minimum Gasteiger partial charge on any atom is -0.352 e. The monoisotopic (exact) mass is 229 g/mol. The van der Waals surface area contributed by atoms with Crippen LogP contribution in [0, 0.1) is 5.41 Å². The summed E-state index contributed by atoms with van der Waals surface area (Å²) in [5.41, 5.74) is 0.504. The summed E-state index contributed by atoms with van der Waals surface area (Å²) in [6.45, 7) is 10.9. The van der Waals surface area contributed by atoms with Gasteiger partial charge in [-0.15, -0.1) is 0 Å². The lowest BCUT2D eigenvalue weighted by Crippen LogP contribution is -2.37. The lowest BCUT2D eigenvalue weighted by molar-refractivity contribution is -0.133. The molecular weight excluding hydrogens is 202 g/mol. The van der Waals surface area contributed by atoms with Crippen LogP contribution in [0.2, 0.25) is 0 Å². The van der Waals surface area contributed by atoms with E-state index in [9.17, 15) is 0 Å². The predicted octanol–water partition coefficient (Wildman–Crippen LogP) is 2.55. The number of hydrogen-bond acceptors (Lipinski definition) is 3. The van der Waals surface area contributed by atoms with Gasteiger partial charge in [-0.2, -0.15) is 0 Å². The number of nitrogens with one attached hydrogen (secondary N) is 1. The van der Waals surface area contributed by atoms with E-state index in [-0.39, 0.29) is 6.29 Å². The molecule has 0 aromatic carbocycles. The van der Waals surface area contributed by atoms with E-state index >= 15 is 0 Å². The van der Waals surface area contributed by atoms with Crippen molar-refractivity contribution in [1.29, 1.82) is 0 Å². The zero-order chi connectivity index (χ0) is 12.0. The van der Waals surface area contributed by atoms with Crippen molar-refractivity contribution in [3.63, 3.8) is 0 Å². The third-order valence-corrected chi connectivity index (χ3v) is 3.25. The number of hydrogen-bond donors (Lipinski definition) is 1. The van der Waals surface area contributed by atoms with Crippen molar-refractivity contribution in [2.45, 2.75) is 59.3 Å². The van der Waals surface area contributed by atoms with E-state index in [1.165, 1.54) is 19.3 Å². The molecule has 3 heteroatoms. The average Bonchev–Trinajstić information content (AvgIpc) is 2.55. The van der Waals surface area contributed by atoms with Gasteiger partial charge in [0.25, 0.3) is 0 Å². The quantitative estimate of drug-likeness (QED) is 0.681. The molecule has 16 heavy (non-hydrogen) atoms. The Hall–Kier alpha value is -0.120. The second kappa shape index (κ2) is 6.58. The topological polar surface area (TPSA) is 30.5 Å². The molecule has 0 aromatic heterocycles. The summed E-state index contributed by atoms with van der Waals surface area (Å²) in [6, 6.07) is 0.637. The van der Waals surface area contributed by atoms with Crippen molar-refractivity contribution in [1.82, 2.24) is 5.32 Å². The first-order valence-corrected chi connectivity index (χ1v) is 6.54. The molecule has 0 spiro atoms. The van der Waals surface area contributed by atoms with E-state index in [1.54, 1.807) is 0 Å². The van der Waals surface area contributed by atoms with Crippen molar-refractivity contribution in [2.24, 2.45) is 5.41 Å². The van der Waals surface area contributed by atoms with Crippen LogP contribution in [-0.4, -0.2) is 32.1 Å². The minimum absolute atomic E-state index is 0.0845. The minimum atomic E-state index is -0.0845. The van der Waals surface area contributed by atoms with Crippen LogP contribution in [0.25, 0.3) is 0 Å². The standard InChI is InChI=1S/C13H27NO2/c1-5-15-12(16-6-2)10-14-11-7-8-13(3,4)9-11/h11-12,14H,5-10H2,1-4H3. The Balaban J connectivity index is 2.22. The Morgan fingerprint density at radius 3 is 2.31 bits per heavy atom. The molecule has 1 aliphatic rings. The van der Waals surface area contributed by atoms with Gasteiger partial charge in [-0.3, -0.25) is 0 Å². The zero-order valence-corrected chi connectivity index (χ0v) is 11.2. The summed E-state index contributed by atoms with van der Waals surface area (Å²) in [4.78, 5) is 0. The lowest BCUT2D eigenvalue weighted by atomic mass is 9.92. The fourth-order valence-electron chi connectivity index (χ4n) is 2.41. The summed E-state index contributed by atoms with van der Waals surface area (Å²) < 4.78 is 11.0. The van der Waals surface area contributed by atoms with Gasteiger partial charge in [0.1, 0.15) is 0 Å².